The third-order valence-corrected chi connectivity index (χ3v) is 8.42. The zero-order valence-electron chi connectivity index (χ0n) is 23.3. The minimum absolute atomic E-state index is 0.255. The van der Waals surface area contributed by atoms with Gasteiger partial charge in [-0.2, -0.15) is 0 Å². The fourth-order valence-corrected chi connectivity index (χ4v) is 5.16. The summed E-state index contributed by atoms with van der Waals surface area (Å²) in [5, 5.41) is 11.6. The molecule has 0 aromatic heterocycles. The van der Waals surface area contributed by atoms with E-state index in [0.717, 1.165) is 22.7 Å². The predicted octanol–water partition coefficient (Wildman–Crippen LogP) is 5.81. The van der Waals surface area contributed by atoms with E-state index in [2.05, 4.69) is 19.6 Å². The number of hydrogen-bond donors (Lipinski definition) is 1. The molecule has 1 aliphatic rings. The molecule has 1 saturated heterocycles. The van der Waals surface area contributed by atoms with Crippen LogP contribution in [-0.4, -0.2) is 57.1 Å². The van der Waals surface area contributed by atoms with Crippen LogP contribution in [0.25, 0.3) is 0 Å². The van der Waals surface area contributed by atoms with E-state index in [1.165, 1.54) is 0 Å². The lowest BCUT2D eigenvalue weighted by Gasteiger charge is -2.44. The Kier molecular flexibility index (Phi) is 11.3. The van der Waals surface area contributed by atoms with E-state index in [1.54, 1.807) is 0 Å². The van der Waals surface area contributed by atoms with Crippen LogP contribution < -0.4 is 0 Å². The van der Waals surface area contributed by atoms with Gasteiger partial charge in [0, 0.05) is 14.7 Å². The highest BCUT2D eigenvalue weighted by Crippen LogP contribution is 2.29. The summed E-state index contributed by atoms with van der Waals surface area (Å²) in [6.07, 6.45) is -3.59. The third-order valence-electron chi connectivity index (χ3n) is 6.72. The SMILES string of the molecule is C[Si](C)(C)CCO[C@H]1O[C@H](COCc2ccccc2)[C@H](OCc2ccccc2)[C@H](O)[C@H]1OCc1ccccc1. The highest BCUT2D eigenvalue weighted by atomic mass is 28.3. The smallest absolute Gasteiger partial charge is 0.186 e. The number of rotatable bonds is 14. The molecule has 3 aromatic rings. The highest BCUT2D eigenvalue weighted by molar-refractivity contribution is 6.76. The summed E-state index contributed by atoms with van der Waals surface area (Å²) in [7, 11) is -1.32. The molecule has 1 heterocycles. The van der Waals surface area contributed by atoms with E-state index in [0.29, 0.717) is 26.4 Å². The van der Waals surface area contributed by atoms with Gasteiger partial charge in [-0.1, -0.05) is 111 Å². The van der Waals surface area contributed by atoms with Gasteiger partial charge in [0.2, 0.25) is 0 Å². The second-order valence-electron chi connectivity index (χ2n) is 11.2. The van der Waals surface area contributed by atoms with Gasteiger partial charge in [0.05, 0.1) is 26.4 Å². The van der Waals surface area contributed by atoms with Crippen molar-refractivity contribution < 1.29 is 28.8 Å². The molecule has 3 aromatic carbocycles. The molecule has 0 spiro atoms. The fourth-order valence-electron chi connectivity index (χ4n) is 4.43. The van der Waals surface area contributed by atoms with Crippen LogP contribution in [0.2, 0.25) is 25.7 Å². The molecule has 0 radical (unpaired) electrons. The lowest BCUT2D eigenvalue weighted by Crippen LogP contribution is -2.61. The number of aliphatic hydroxyl groups is 1. The molecule has 210 valence electrons. The molecule has 6 nitrogen and oxygen atoms in total. The average Bonchev–Trinajstić information content (AvgIpc) is 2.93. The minimum atomic E-state index is -1.32. The molecule has 1 aliphatic heterocycles. The van der Waals surface area contributed by atoms with Crippen LogP contribution in [0.3, 0.4) is 0 Å². The van der Waals surface area contributed by atoms with Gasteiger partial charge in [-0.15, -0.1) is 0 Å². The Bertz CT molecular complexity index is 1070. The fraction of sp³-hybridized carbons (Fsp3) is 0.438. The topological polar surface area (TPSA) is 66.4 Å². The minimum Gasteiger partial charge on any atom is -0.387 e. The Hall–Kier alpha value is -2.36. The zero-order valence-corrected chi connectivity index (χ0v) is 24.3. The molecule has 4 rings (SSSR count). The van der Waals surface area contributed by atoms with Gasteiger partial charge in [0.15, 0.2) is 6.29 Å². The highest BCUT2D eigenvalue weighted by Gasteiger charge is 2.47. The van der Waals surface area contributed by atoms with Gasteiger partial charge < -0.3 is 28.8 Å². The van der Waals surface area contributed by atoms with Crippen molar-refractivity contribution in [2.24, 2.45) is 0 Å². The molecule has 0 bridgehead atoms. The van der Waals surface area contributed by atoms with E-state index >= 15 is 0 Å². The van der Waals surface area contributed by atoms with Crippen LogP contribution in [-0.2, 0) is 43.5 Å². The number of hydrogen-bond acceptors (Lipinski definition) is 6. The van der Waals surface area contributed by atoms with Crippen LogP contribution in [0.5, 0.6) is 0 Å². The number of aliphatic hydroxyl groups excluding tert-OH is 1. The lowest BCUT2D eigenvalue weighted by molar-refractivity contribution is -0.320. The van der Waals surface area contributed by atoms with E-state index in [4.69, 9.17) is 23.7 Å². The van der Waals surface area contributed by atoms with E-state index in [9.17, 15) is 5.11 Å². The Morgan fingerprint density at radius 3 is 1.67 bits per heavy atom. The van der Waals surface area contributed by atoms with Crippen LogP contribution in [0.4, 0.5) is 0 Å². The summed E-state index contributed by atoms with van der Waals surface area (Å²) < 4.78 is 31.4. The Morgan fingerprint density at radius 1 is 0.667 bits per heavy atom. The second kappa shape index (κ2) is 14.9. The standard InChI is InChI=1S/C32H42O6Si/c1-39(2,3)20-19-35-32-31(37-23-27-17-11-6-12-18-27)29(33)30(36-22-26-15-9-5-10-16-26)28(38-32)24-34-21-25-13-7-4-8-14-25/h4-18,28-33H,19-24H2,1-3H3/t28-,29+,30+,31-,32+/m1/s1. The molecule has 0 amide bonds. The van der Waals surface area contributed by atoms with Crippen molar-refractivity contribution in [3.8, 4) is 0 Å². The average molecular weight is 551 g/mol. The van der Waals surface area contributed by atoms with Crippen molar-refractivity contribution in [3.05, 3.63) is 108 Å². The van der Waals surface area contributed by atoms with Gasteiger partial charge >= 0.3 is 0 Å². The van der Waals surface area contributed by atoms with Crippen LogP contribution in [0, 0.1) is 0 Å². The van der Waals surface area contributed by atoms with Crippen molar-refractivity contribution in [2.45, 2.75) is 76.2 Å². The van der Waals surface area contributed by atoms with Crippen molar-refractivity contribution in [1.29, 1.82) is 0 Å². The maximum absolute atomic E-state index is 11.6. The van der Waals surface area contributed by atoms with Crippen LogP contribution in [0.15, 0.2) is 91.0 Å². The predicted molar refractivity (Wildman–Crippen MR) is 155 cm³/mol. The number of benzene rings is 3. The van der Waals surface area contributed by atoms with Crippen LogP contribution >= 0.6 is 0 Å². The van der Waals surface area contributed by atoms with Crippen LogP contribution in [0.1, 0.15) is 16.7 Å². The van der Waals surface area contributed by atoms with Gasteiger partial charge in [-0.05, 0) is 22.7 Å². The molecular formula is C32H42O6Si. The molecule has 1 N–H and O–H groups in total. The van der Waals surface area contributed by atoms with Crippen molar-refractivity contribution in [2.75, 3.05) is 13.2 Å². The third kappa shape index (κ3) is 9.65. The maximum atomic E-state index is 11.6. The molecular weight excluding hydrogens is 508 g/mol. The Balaban J connectivity index is 1.49. The molecule has 0 unspecified atom stereocenters. The van der Waals surface area contributed by atoms with E-state index < -0.39 is 38.8 Å². The van der Waals surface area contributed by atoms with Gasteiger partial charge in [-0.25, -0.2) is 0 Å². The summed E-state index contributed by atoms with van der Waals surface area (Å²) in [5.41, 5.74) is 3.10. The summed E-state index contributed by atoms with van der Waals surface area (Å²) in [6, 6.07) is 30.8. The first-order chi connectivity index (χ1) is 18.9. The second-order valence-corrected chi connectivity index (χ2v) is 16.9. The molecule has 0 aliphatic carbocycles. The quantitative estimate of drug-likeness (QED) is 0.255. The first kappa shape index (κ1) is 29.6. The van der Waals surface area contributed by atoms with E-state index in [1.807, 2.05) is 91.0 Å². The normalized spacial score (nSPS) is 23.5. The van der Waals surface area contributed by atoms with Gasteiger partial charge in [-0.3, -0.25) is 0 Å². The van der Waals surface area contributed by atoms with Gasteiger partial charge in [0.1, 0.15) is 24.4 Å². The summed E-state index contributed by atoms with van der Waals surface area (Å²) in [4.78, 5) is 0. The summed E-state index contributed by atoms with van der Waals surface area (Å²) >= 11 is 0. The Labute approximate surface area is 233 Å². The number of ether oxygens (including phenoxy) is 5. The molecule has 0 saturated carbocycles. The zero-order chi connectivity index (χ0) is 27.5. The summed E-state index contributed by atoms with van der Waals surface area (Å²) in [5.74, 6) is 0. The monoisotopic (exact) mass is 550 g/mol. The summed E-state index contributed by atoms with van der Waals surface area (Å²) in [6.45, 7) is 8.85. The maximum Gasteiger partial charge on any atom is 0.186 e. The van der Waals surface area contributed by atoms with Gasteiger partial charge in [0.25, 0.3) is 0 Å². The largest absolute Gasteiger partial charge is 0.387 e. The molecule has 39 heavy (non-hydrogen) atoms. The molecule has 1 fully saturated rings. The first-order valence-electron chi connectivity index (χ1n) is 13.8. The van der Waals surface area contributed by atoms with Crippen molar-refractivity contribution in [1.82, 2.24) is 0 Å². The molecule has 7 heteroatoms. The first-order valence-corrected chi connectivity index (χ1v) is 17.5. The Morgan fingerprint density at radius 2 is 1.15 bits per heavy atom. The van der Waals surface area contributed by atoms with Crippen molar-refractivity contribution >= 4 is 8.07 Å². The van der Waals surface area contributed by atoms with Crippen molar-refractivity contribution in [3.63, 3.8) is 0 Å². The van der Waals surface area contributed by atoms with E-state index in [-0.39, 0.29) is 6.61 Å². The lowest BCUT2D eigenvalue weighted by atomic mass is 9.98. The molecule has 5 atom stereocenters.